The Kier molecular flexibility index (Phi) is 4.23. The van der Waals surface area contributed by atoms with Crippen molar-refractivity contribution in [2.75, 3.05) is 32.5 Å². The number of ether oxygens (including phenoxy) is 1. The van der Waals surface area contributed by atoms with E-state index < -0.39 is 10.0 Å². The Bertz CT molecular complexity index is 536. The van der Waals surface area contributed by atoms with Crippen molar-refractivity contribution >= 4 is 10.0 Å². The number of piperidine rings is 1. The van der Waals surface area contributed by atoms with Crippen molar-refractivity contribution in [1.82, 2.24) is 9.62 Å². The zero-order valence-electron chi connectivity index (χ0n) is 14.2. The molecule has 5 nitrogen and oxygen atoms in total. The largest absolute Gasteiger partial charge is 0.377 e. The Morgan fingerprint density at radius 1 is 1.17 bits per heavy atom. The number of hydrogen-bond donors (Lipinski definition) is 1. The van der Waals surface area contributed by atoms with Gasteiger partial charge in [0, 0.05) is 37.1 Å². The van der Waals surface area contributed by atoms with Crippen molar-refractivity contribution < 1.29 is 13.2 Å². The molecule has 2 saturated carbocycles. The first kappa shape index (κ1) is 16.3. The summed E-state index contributed by atoms with van der Waals surface area (Å²) in [7, 11) is -3.01. The highest BCUT2D eigenvalue weighted by Gasteiger charge is 2.64. The average Bonchev–Trinajstić information content (AvgIpc) is 3.15. The van der Waals surface area contributed by atoms with E-state index in [1.165, 1.54) is 38.4 Å². The number of fused-ring (bicyclic) bond motifs is 2. The molecule has 23 heavy (non-hydrogen) atoms. The maximum atomic E-state index is 11.6. The number of nitrogens with zero attached hydrogens (tertiary/aromatic N) is 1. The maximum absolute atomic E-state index is 11.6. The zero-order chi connectivity index (χ0) is 16.1. The number of sulfonamides is 1. The van der Waals surface area contributed by atoms with Crippen LogP contribution in [0.15, 0.2) is 0 Å². The van der Waals surface area contributed by atoms with Crippen molar-refractivity contribution in [3.63, 3.8) is 0 Å². The Morgan fingerprint density at radius 3 is 2.52 bits per heavy atom. The molecule has 132 valence electrons. The van der Waals surface area contributed by atoms with Crippen molar-refractivity contribution in [2.24, 2.45) is 17.3 Å². The van der Waals surface area contributed by atoms with Gasteiger partial charge in [0.1, 0.15) is 0 Å². The fraction of sp³-hybridized carbons (Fsp3) is 1.00. The van der Waals surface area contributed by atoms with Crippen LogP contribution in [0, 0.1) is 17.3 Å². The molecular weight excluding hydrogens is 312 g/mol. The Hall–Kier alpha value is -0.170. The van der Waals surface area contributed by atoms with E-state index in [1.54, 1.807) is 4.31 Å². The fourth-order valence-electron chi connectivity index (χ4n) is 5.75. The molecule has 0 unspecified atom stereocenters. The minimum absolute atomic E-state index is 0.425. The summed E-state index contributed by atoms with van der Waals surface area (Å²) in [4.78, 5) is 0. The molecule has 0 aromatic heterocycles. The number of rotatable bonds is 4. The predicted molar refractivity (Wildman–Crippen MR) is 89.7 cm³/mol. The molecule has 0 aromatic carbocycles. The van der Waals surface area contributed by atoms with Crippen LogP contribution in [0.1, 0.15) is 44.9 Å². The third-order valence-electron chi connectivity index (χ3n) is 6.96. The molecule has 4 rings (SSSR count). The van der Waals surface area contributed by atoms with Gasteiger partial charge in [-0.05, 0) is 44.6 Å². The molecule has 2 aliphatic heterocycles. The lowest BCUT2D eigenvalue weighted by Crippen LogP contribution is -2.67. The van der Waals surface area contributed by atoms with E-state index in [0.29, 0.717) is 36.6 Å². The molecular formula is C17H30N2O3S. The van der Waals surface area contributed by atoms with E-state index in [4.69, 9.17) is 4.74 Å². The van der Waals surface area contributed by atoms with Crippen LogP contribution in [0.4, 0.5) is 0 Å². The van der Waals surface area contributed by atoms with Crippen molar-refractivity contribution in [2.45, 2.75) is 57.1 Å². The summed E-state index contributed by atoms with van der Waals surface area (Å²) in [6.07, 6.45) is 10.4. The molecule has 2 heterocycles. The molecule has 1 N–H and O–H groups in total. The Morgan fingerprint density at radius 2 is 1.87 bits per heavy atom. The summed E-state index contributed by atoms with van der Waals surface area (Å²) < 4.78 is 30.9. The second-order valence-corrected chi connectivity index (χ2v) is 10.2. The highest BCUT2D eigenvalue weighted by atomic mass is 32.2. The average molecular weight is 343 g/mol. The van der Waals surface area contributed by atoms with Crippen LogP contribution < -0.4 is 5.32 Å². The van der Waals surface area contributed by atoms with Gasteiger partial charge in [0.05, 0.1) is 12.4 Å². The molecule has 1 spiro atoms. The van der Waals surface area contributed by atoms with Gasteiger partial charge < -0.3 is 10.1 Å². The van der Waals surface area contributed by atoms with Crippen molar-refractivity contribution in [3.8, 4) is 0 Å². The van der Waals surface area contributed by atoms with Gasteiger partial charge in [-0.2, -0.15) is 0 Å². The first-order valence-electron chi connectivity index (χ1n) is 9.31. The van der Waals surface area contributed by atoms with Gasteiger partial charge in [-0.3, -0.25) is 0 Å². The molecule has 2 saturated heterocycles. The lowest BCUT2D eigenvalue weighted by Gasteiger charge is -2.57. The molecule has 6 heteroatoms. The van der Waals surface area contributed by atoms with Crippen LogP contribution in [0.3, 0.4) is 0 Å². The topological polar surface area (TPSA) is 58.6 Å². The van der Waals surface area contributed by atoms with Gasteiger partial charge in [0.25, 0.3) is 0 Å². The molecule has 3 atom stereocenters. The maximum Gasteiger partial charge on any atom is 0.211 e. The van der Waals surface area contributed by atoms with Crippen LogP contribution in [0.25, 0.3) is 0 Å². The summed E-state index contributed by atoms with van der Waals surface area (Å²) >= 11 is 0. The van der Waals surface area contributed by atoms with Crippen molar-refractivity contribution in [3.05, 3.63) is 0 Å². The lowest BCUT2D eigenvalue weighted by molar-refractivity contribution is -0.131. The highest BCUT2D eigenvalue weighted by Crippen LogP contribution is 2.60. The molecule has 4 aliphatic rings. The van der Waals surface area contributed by atoms with E-state index in [9.17, 15) is 8.42 Å². The summed E-state index contributed by atoms with van der Waals surface area (Å²) in [5.74, 6) is 1.34. The first-order chi connectivity index (χ1) is 11.0. The Balaban J connectivity index is 1.31. The predicted octanol–water partition coefficient (Wildman–Crippen LogP) is 1.60. The highest BCUT2D eigenvalue weighted by molar-refractivity contribution is 7.88. The number of nitrogens with one attached hydrogen (secondary N) is 1. The first-order valence-corrected chi connectivity index (χ1v) is 11.2. The fourth-order valence-corrected chi connectivity index (χ4v) is 6.62. The third-order valence-corrected chi connectivity index (χ3v) is 8.26. The van der Waals surface area contributed by atoms with Gasteiger partial charge in [-0.1, -0.05) is 12.8 Å². The van der Waals surface area contributed by atoms with E-state index >= 15 is 0 Å². The molecule has 0 bridgehead atoms. The van der Waals surface area contributed by atoms with E-state index in [-0.39, 0.29) is 0 Å². The summed E-state index contributed by atoms with van der Waals surface area (Å²) in [5.41, 5.74) is 0.425. The third kappa shape index (κ3) is 2.75. The van der Waals surface area contributed by atoms with Crippen LogP contribution in [0.5, 0.6) is 0 Å². The molecule has 0 radical (unpaired) electrons. The summed E-state index contributed by atoms with van der Waals surface area (Å²) in [6.45, 7) is 3.38. The van der Waals surface area contributed by atoms with Crippen LogP contribution in [-0.2, 0) is 14.8 Å². The minimum Gasteiger partial charge on any atom is -0.377 e. The Labute approximate surface area is 140 Å². The normalized spacial score (nSPS) is 37.9. The zero-order valence-corrected chi connectivity index (χ0v) is 15.0. The lowest BCUT2D eigenvalue weighted by atomic mass is 9.54. The van der Waals surface area contributed by atoms with E-state index in [0.717, 1.165) is 31.9 Å². The summed E-state index contributed by atoms with van der Waals surface area (Å²) in [5, 5.41) is 3.90. The summed E-state index contributed by atoms with van der Waals surface area (Å²) in [6, 6.07) is 0.644. The van der Waals surface area contributed by atoms with Gasteiger partial charge in [0.15, 0.2) is 0 Å². The molecule has 4 fully saturated rings. The monoisotopic (exact) mass is 342 g/mol. The van der Waals surface area contributed by atoms with Crippen molar-refractivity contribution in [1.29, 1.82) is 0 Å². The SMILES string of the molecule is CS(=O)(=O)N1CCC(CN[C@@H]2[C@@H]3CCO[C@@H]3C23CCCC3)CC1. The van der Waals surface area contributed by atoms with Gasteiger partial charge in [0.2, 0.25) is 10.0 Å². The van der Waals surface area contributed by atoms with Gasteiger partial charge in [-0.15, -0.1) is 0 Å². The minimum atomic E-state index is -3.01. The van der Waals surface area contributed by atoms with Gasteiger partial charge >= 0.3 is 0 Å². The van der Waals surface area contributed by atoms with Crippen LogP contribution in [-0.4, -0.2) is 57.4 Å². The van der Waals surface area contributed by atoms with E-state index in [1.807, 2.05) is 0 Å². The second kappa shape index (κ2) is 5.97. The second-order valence-electron chi connectivity index (χ2n) is 8.18. The van der Waals surface area contributed by atoms with E-state index in [2.05, 4.69) is 5.32 Å². The quantitative estimate of drug-likeness (QED) is 0.843. The van der Waals surface area contributed by atoms with Crippen LogP contribution in [0.2, 0.25) is 0 Å². The standard InChI is InChI=1S/C17H30N2O3S/c1-23(20,21)19-9-4-13(5-10-19)12-18-15-14-6-11-22-16(14)17(15)7-2-3-8-17/h13-16,18H,2-12H2,1H3/t14-,15+,16-/m0/s1. The van der Waals surface area contributed by atoms with Gasteiger partial charge in [-0.25, -0.2) is 12.7 Å². The molecule has 0 amide bonds. The number of hydrogen-bond acceptors (Lipinski definition) is 4. The molecule has 0 aromatic rings. The molecule has 2 aliphatic carbocycles. The smallest absolute Gasteiger partial charge is 0.211 e. The van der Waals surface area contributed by atoms with Crippen LogP contribution >= 0.6 is 0 Å².